The molecule has 2 N–H and O–H groups in total. The highest BCUT2D eigenvalue weighted by Crippen LogP contribution is 2.19. The third-order valence-corrected chi connectivity index (χ3v) is 4.33. The van der Waals surface area contributed by atoms with Crippen molar-refractivity contribution in [3.05, 3.63) is 71.3 Å². The van der Waals surface area contributed by atoms with Crippen molar-refractivity contribution in [3.63, 3.8) is 0 Å². The van der Waals surface area contributed by atoms with E-state index in [0.29, 0.717) is 24.9 Å². The summed E-state index contributed by atoms with van der Waals surface area (Å²) in [5, 5.41) is 9.57. The third kappa shape index (κ3) is 8.90. The maximum absolute atomic E-state index is 12.8. The van der Waals surface area contributed by atoms with Crippen molar-refractivity contribution in [1.82, 2.24) is 10.6 Å². The van der Waals surface area contributed by atoms with E-state index in [1.54, 1.807) is 30.5 Å². The number of alkyl carbamates (subject to hydrolysis) is 1. The molecule has 1 unspecified atom stereocenters. The van der Waals surface area contributed by atoms with Crippen molar-refractivity contribution in [2.24, 2.45) is 5.16 Å². The highest BCUT2D eigenvalue weighted by molar-refractivity contribution is 5.95. The van der Waals surface area contributed by atoms with Gasteiger partial charge in [-0.25, -0.2) is 4.79 Å². The van der Waals surface area contributed by atoms with Gasteiger partial charge in [0.05, 0.1) is 12.3 Å². The fourth-order valence-electron chi connectivity index (χ4n) is 2.89. The Bertz CT molecular complexity index is 859. The Morgan fingerprint density at radius 1 is 1.06 bits per heavy atom. The van der Waals surface area contributed by atoms with Crippen LogP contribution in [0.5, 0.6) is 0 Å². The van der Waals surface area contributed by atoms with Crippen molar-refractivity contribution in [3.8, 4) is 0 Å². The van der Waals surface area contributed by atoms with Crippen LogP contribution in [0, 0.1) is 0 Å². The van der Waals surface area contributed by atoms with Crippen molar-refractivity contribution in [2.45, 2.75) is 45.3 Å². The lowest BCUT2D eigenvalue weighted by Crippen LogP contribution is -2.33. The molecule has 31 heavy (non-hydrogen) atoms. The lowest BCUT2D eigenvalue weighted by atomic mass is 10.0. The SMILES string of the molecule is CO/N=C/c1ccc(C(=O)NC(CCCNC(=O)OC(C)(C)C)c2ccccc2)cc1. The van der Waals surface area contributed by atoms with Crippen LogP contribution >= 0.6 is 0 Å². The van der Waals surface area contributed by atoms with Crippen LogP contribution < -0.4 is 10.6 Å². The average Bonchev–Trinajstić information content (AvgIpc) is 2.74. The summed E-state index contributed by atoms with van der Waals surface area (Å²) < 4.78 is 5.25. The smallest absolute Gasteiger partial charge is 0.407 e. The van der Waals surface area contributed by atoms with Gasteiger partial charge in [-0.1, -0.05) is 47.6 Å². The zero-order chi connectivity index (χ0) is 22.7. The van der Waals surface area contributed by atoms with Crippen LogP contribution in [0.3, 0.4) is 0 Å². The lowest BCUT2D eigenvalue weighted by molar-refractivity contribution is 0.0526. The molecule has 2 aromatic rings. The molecule has 0 aliphatic rings. The topological polar surface area (TPSA) is 89.0 Å². The number of hydrogen-bond donors (Lipinski definition) is 2. The summed E-state index contributed by atoms with van der Waals surface area (Å²) in [5.41, 5.74) is 1.88. The first-order chi connectivity index (χ1) is 14.8. The predicted molar refractivity (Wildman–Crippen MR) is 121 cm³/mol. The molecule has 0 spiro atoms. The van der Waals surface area contributed by atoms with Gasteiger partial charge in [-0.3, -0.25) is 4.79 Å². The van der Waals surface area contributed by atoms with Gasteiger partial charge in [0.2, 0.25) is 0 Å². The predicted octanol–water partition coefficient (Wildman–Crippen LogP) is 4.44. The van der Waals surface area contributed by atoms with Gasteiger partial charge in [-0.2, -0.15) is 0 Å². The van der Waals surface area contributed by atoms with Crippen LogP contribution in [0.2, 0.25) is 0 Å². The van der Waals surface area contributed by atoms with Crippen molar-refractivity contribution in [2.75, 3.05) is 13.7 Å². The first-order valence-corrected chi connectivity index (χ1v) is 10.3. The Kier molecular flexibility index (Phi) is 9.06. The highest BCUT2D eigenvalue weighted by atomic mass is 16.6. The van der Waals surface area contributed by atoms with E-state index < -0.39 is 11.7 Å². The zero-order valence-electron chi connectivity index (χ0n) is 18.6. The summed E-state index contributed by atoms with van der Waals surface area (Å²) in [6, 6.07) is 16.7. The van der Waals surface area contributed by atoms with Gasteiger partial charge < -0.3 is 20.2 Å². The molecule has 7 heteroatoms. The quantitative estimate of drug-likeness (QED) is 0.353. The van der Waals surface area contributed by atoms with E-state index in [4.69, 9.17) is 4.74 Å². The number of carbonyl (C=O) groups is 2. The van der Waals surface area contributed by atoms with Crippen LogP contribution in [0.25, 0.3) is 0 Å². The van der Waals surface area contributed by atoms with Crippen LogP contribution in [0.4, 0.5) is 4.79 Å². The van der Waals surface area contributed by atoms with Gasteiger partial charge in [0, 0.05) is 12.1 Å². The molecule has 2 aromatic carbocycles. The summed E-state index contributed by atoms with van der Waals surface area (Å²) in [4.78, 5) is 29.3. The van der Waals surface area contributed by atoms with Crippen molar-refractivity contribution >= 4 is 18.2 Å². The summed E-state index contributed by atoms with van der Waals surface area (Å²) >= 11 is 0. The summed E-state index contributed by atoms with van der Waals surface area (Å²) in [5.74, 6) is -0.163. The van der Waals surface area contributed by atoms with Gasteiger partial charge in [0.15, 0.2) is 0 Å². The fourth-order valence-corrected chi connectivity index (χ4v) is 2.89. The van der Waals surface area contributed by atoms with Gasteiger partial charge in [0.25, 0.3) is 5.91 Å². The van der Waals surface area contributed by atoms with Crippen LogP contribution in [0.15, 0.2) is 59.8 Å². The first kappa shape index (κ1) is 23.9. The Labute approximate surface area is 183 Å². The number of nitrogens with one attached hydrogen (secondary N) is 2. The summed E-state index contributed by atoms with van der Waals surface area (Å²) in [6.45, 7) is 5.93. The number of carbonyl (C=O) groups excluding carboxylic acids is 2. The number of benzene rings is 2. The molecule has 0 radical (unpaired) electrons. The van der Waals surface area contributed by atoms with E-state index >= 15 is 0 Å². The molecule has 2 rings (SSSR count). The van der Waals surface area contributed by atoms with E-state index in [1.807, 2.05) is 51.1 Å². The van der Waals surface area contributed by atoms with Gasteiger partial charge >= 0.3 is 6.09 Å². The summed E-state index contributed by atoms with van der Waals surface area (Å²) in [6.07, 6.45) is 2.49. The molecule has 0 heterocycles. The van der Waals surface area contributed by atoms with E-state index in [1.165, 1.54) is 7.11 Å². The Hall–Kier alpha value is -3.35. The molecule has 2 amide bonds. The molecule has 0 fully saturated rings. The number of oxime groups is 1. The number of nitrogens with zero attached hydrogens (tertiary/aromatic N) is 1. The largest absolute Gasteiger partial charge is 0.444 e. The molecule has 0 aromatic heterocycles. The lowest BCUT2D eigenvalue weighted by Gasteiger charge is -2.21. The molecule has 1 atom stereocenters. The molecule has 7 nitrogen and oxygen atoms in total. The Morgan fingerprint density at radius 2 is 1.74 bits per heavy atom. The monoisotopic (exact) mass is 425 g/mol. The number of hydrogen-bond acceptors (Lipinski definition) is 5. The highest BCUT2D eigenvalue weighted by Gasteiger charge is 2.17. The molecule has 0 saturated carbocycles. The second kappa shape index (κ2) is 11.7. The standard InChI is InChI=1S/C24H31N3O4/c1-24(2,3)31-23(29)25-16-8-11-21(19-9-6-5-7-10-19)27-22(28)20-14-12-18(13-15-20)17-26-30-4/h5-7,9-10,12-15,17,21H,8,11,16H2,1-4H3,(H,25,29)(H,27,28)/b26-17+. The maximum Gasteiger partial charge on any atom is 0.407 e. The van der Waals surface area contributed by atoms with E-state index in [2.05, 4.69) is 20.6 Å². The Balaban J connectivity index is 1.96. The van der Waals surface area contributed by atoms with Gasteiger partial charge in [-0.15, -0.1) is 0 Å². The summed E-state index contributed by atoms with van der Waals surface area (Å²) in [7, 11) is 1.48. The molecular formula is C24H31N3O4. The normalized spacial score (nSPS) is 12.3. The minimum absolute atomic E-state index is 0.163. The minimum atomic E-state index is -0.532. The Morgan fingerprint density at radius 3 is 2.35 bits per heavy atom. The van der Waals surface area contributed by atoms with Gasteiger partial charge in [-0.05, 0) is 56.9 Å². The van der Waals surface area contributed by atoms with E-state index in [0.717, 1.165) is 11.1 Å². The van der Waals surface area contributed by atoms with E-state index in [9.17, 15) is 9.59 Å². The average molecular weight is 426 g/mol. The van der Waals surface area contributed by atoms with Crippen LogP contribution in [-0.2, 0) is 9.57 Å². The first-order valence-electron chi connectivity index (χ1n) is 10.3. The van der Waals surface area contributed by atoms with Crippen molar-refractivity contribution < 1.29 is 19.2 Å². The minimum Gasteiger partial charge on any atom is -0.444 e. The molecule has 0 saturated heterocycles. The molecule has 0 aliphatic carbocycles. The molecular weight excluding hydrogens is 394 g/mol. The fraction of sp³-hybridized carbons (Fsp3) is 0.375. The maximum atomic E-state index is 12.8. The number of rotatable bonds is 9. The third-order valence-electron chi connectivity index (χ3n) is 4.33. The van der Waals surface area contributed by atoms with Crippen molar-refractivity contribution in [1.29, 1.82) is 0 Å². The van der Waals surface area contributed by atoms with Crippen LogP contribution in [0.1, 0.15) is 61.1 Å². The molecule has 166 valence electrons. The molecule has 0 aliphatic heterocycles. The molecule has 0 bridgehead atoms. The zero-order valence-corrected chi connectivity index (χ0v) is 18.6. The van der Waals surface area contributed by atoms with Crippen LogP contribution in [-0.4, -0.2) is 37.5 Å². The number of amides is 2. The van der Waals surface area contributed by atoms with E-state index in [-0.39, 0.29) is 11.9 Å². The number of ether oxygens (including phenoxy) is 1. The second-order valence-electron chi connectivity index (χ2n) is 8.05. The second-order valence-corrected chi connectivity index (χ2v) is 8.05. The van der Waals surface area contributed by atoms with Gasteiger partial charge in [0.1, 0.15) is 12.7 Å².